The predicted molar refractivity (Wildman–Crippen MR) is 81.0 cm³/mol. The molecule has 0 saturated heterocycles. The number of halogens is 1. The van der Waals surface area contributed by atoms with Crippen LogP contribution in [0.5, 0.6) is 0 Å². The van der Waals surface area contributed by atoms with Gasteiger partial charge >= 0.3 is 5.97 Å². The number of nitrogens with two attached hydrogens (primary N) is 1. The molecule has 2 aromatic rings. The first-order valence-corrected chi connectivity index (χ1v) is 7.28. The van der Waals surface area contributed by atoms with E-state index in [4.69, 9.17) is 10.8 Å². The van der Waals surface area contributed by atoms with E-state index < -0.39 is 12.0 Å². The van der Waals surface area contributed by atoms with Crippen LogP contribution in [0.3, 0.4) is 0 Å². The van der Waals surface area contributed by atoms with Crippen LogP contribution in [0.15, 0.2) is 40.2 Å². The number of carboxylic acid groups (broad SMARTS) is 1. The van der Waals surface area contributed by atoms with Crippen LogP contribution in [0.1, 0.15) is 21.3 Å². The Balaban J connectivity index is 2.17. The van der Waals surface area contributed by atoms with Crippen molar-refractivity contribution in [2.45, 2.75) is 6.04 Å². The lowest BCUT2D eigenvalue weighted by molar-refractivity contribution is -0.117. The number of hydrogen-bond donors (Lipinski definition) is 3. The molecule has 4 N–H and O–H groups in total. The van der Waals surface area contributed by atoms with E-state index in [9.17, 15) is 9.59 Å². The third-order valence-electron chi connectivity index (χ3n) is 2.54. The number of benzene rings is 1. The summed E-state index contributed by atoms with van der Waals surface area (Å²) in [5.41, 5.74) is 6.30. The lowest BCUT2D eigenvalue weighted by Gasteiger charge is -2.11. The molecule has 0 fully saturated rings. The molecule has 2 rings (SSSR count). The number of amides is 1. The normalized spacial score (nSPS) is 11.9. The molecule has 0 aliphatic carbocycles. The molecule has 0 aliphatic heterocycles. The Morgan fingerprint density at radius 2 is 2.10 bits per heavy atom. The van der Waals surface area contributed by atoms with E-state index >= 15 is 0 Å². The second-order valence-corrected chi connectivity index (χ2v) is 5.91. The van der Waals surface area contributed by atoms with Gasteiger partial charge in [0, 0.05) is 15.0 Å². The van der Waals surface area contributed by atoms with Crippen molar-refractivity contribution in [2.24, 2.45) is 5.73 Å². The Morgan fingerprint density at radius 1 is 1.35 bits per heavy atom. The van der Waals surface area contributed by atoms with Crippen LogP contribution < -0.4 is 11.1 Å². The summed E-state index contributed by atoms with van der Waals surface area (Å²) < 4.78 is 0.567. The molecule has 1 heterocycles. The van der Waals surface area contributed by atoms with Gasteiger partial charge < -0.3 is 16.2 Å². The second-order valence-electron chi connectivity index (χ2n) is 4.02. The maximum absolute atomic E-state index is 12.0. The Morgan fingerprint density at radius 3 is 2.70 bits per heavy atom. The van der Waals surface area contributed by atoms with Gasteiger partial charge in [-0.15, -0.1) is 11.3 Å². The summed E-state index contributed by atoms with van der Waals surface area (Å²) in [4.78, 5) is 23.7. The van der Waals surface area contributed by atoms with Gasteiger partial charge in [-0.2, -0.15) is 0 Å². The summed E-state index contributed by atoms with van der Waals surface area (Å²) in [6.45, 7) is 0. The number of carbonyl (C=O) groups is 2. The van der Waals surface area contributed by atoms with Crippen molar-refractivity contribution >= 4 is 44.8 Å². The van der Waals surface area contributed by atoms with E-state index in [0.717, 1.165) is 4.88 Å². The smallest absolute Gasteiger partial charge is 0.335 e. The molecule has 1 aromatic heterocycles. The zero-order chi connectivity index (χ0) is 14.7. The Bertz CT molecular complexity index is 643. The minimum absolute atomic E-state index is 0.0828. The van der Waals surface area contributed by atoms with Crippen molar-refractivity contribution in [3.8, 4) is 0 Å². The van der Waals surface area contributed by atoms with E-state index in [1.165, 1.54) is 23.5 Å². The Labute approximate surface area is 127 Å². The van der Waals surface area contributed by atoms with Gasteiger partial charge in [0.1, 0.15) is 6.04 Å². The second kappa shape index (κ2) is 6.17. The van der Waals surface area contributed by atoms with Gasteiger partial charge in [-0.3, -0.25) is 4.79 Å². The van der Waals surface area contributed by atoms with Crippen LogP contribution in [0.4, 0.5) is 5.69 Å². The van der Waals surface area contributed by atoms with Crippen LogP contribution >= 0.6 is 27.3 Å². The largest absolute Gasteiger partial charge is 0.478 e. The molecule has 7 heteroatoms. The molecule has 0 bridgehead atoms. The maximum atomic E-state index is 12.0. The van der Waals surface area contributed by atoms with E-state index in [2.05, 4.69) is 21.2 Å². The van der Waals surface area contributed by atoms with Gasteiger partial charge in [0.25, 0.3) is 0 Å². The maximum Gasteiger partial charge on any atom is 0.335 e. The summed E-state index contributed by atoms with van der Waals surface area (Å²) in [7, 11) is 0. The molecule has 1 aromatic carbocycles. The van der Waals surface area contributed by atoms with Crippen molar-refractivity contribution in [1.82, 2.24) is 0 Å². The van der Waals surface area contributed by atoms with E-state index in [1.807, 2.05) is 11.4 Å². The zero-order valence-electron chi connectivity index (χ0n) is 10.2. The molecular formula is C13H11BrN2O3S. The first-order chi connectivity index (χ1) is 9.47. The van der Waals surface area contributed by atoms with E-state index in [1.54, 1.807) is 12.1 Å². The molecule has 1 atom stereocenters. The molecule has 0 radical (unpaired) electrons. The van der Waals surface area contributed by atoms with Crippen LogP contribution in [0.25, 0.3) is 0 Å². The van der Waals surface area contributed by atoms with E-state index in [-0.39, 0.29) is 11.5 Å². The summed E-state index contributed by atoms with van der Waals surface area (Å²) in [6, 6.07) is 7.27. The minimum Gasteiger partial charge on any atom is -0.478 e. The SMILES string of the molecule is NC(C(=O)Nc1cc(Br)cc(C(=O)O)c1)c1cccs1. The first kappa shape index (κ1) is 14.7. The molecule has 20 heavy (non-hydrogen) atoms. The fourth-order valence-electron chi connectivity index (χ4n) is 1.60. The fraction of sp³-hybridized carbons (Fsp3) is 0.0769. The summed E-state index contributed by atoms with van der Waals surface area (Å²) in [5.74, 6) is -1.45. The topological polar surface area (TPSA) is 92.4 Å². The highest BCUT2D eigenvalue weighted by molar-refractivity contribution is 9.10. The molecule has 1 unspecified atom stereocenters. The van der Waals surface area contributed by atoms with Gasteiger partial charge in [0.2, 0.25) is 5.91 Å². The number of anilines is 1. The monoisotopic (exact) mass is 354 g/mol. The van der Waals surface area contributed by atoms with Crippen molar-refractivity contribution in [3.63, 3.8) is 0 Å². The third-order valence-corrected chi connectivity index (χ3v) is 3.96. The quantitative estimate of drug-likeness (QED) is 0.786. The molecule has 104 valence electrons. The van der Waals surface area contributed by atoms with E-state index in [0.29, 0.717) is 10.2 Å². The van der Waals surface area contributed by atoms with Gasteiger partial charge in [-0.05, 0) is 29.6 Å². The van der Waals surface area contributed by atoms with Crippen LogP contribution in [-0.2, 0) is 4.79 Å². The average molecular weight is 355 g/mol. The minimum atomic E-state index is -1.07. The van der Waals surface area contributed by atoms with Crippen molar-refractivity contribution < 1.29 is 14.7 Å². The van der Waals surface area contributed by atoms with Gasteiger partial charge in [0.15, 0.2) is 0 Å². The number of carboxylic acids is 1. The predicted octanol–water partition coefficient (Wildman–Crippen LogP) is 2.85. The van der Waals surface area contributed by atoms with Crippen molar-refractivity contribution in [2.75, 3.05) is 5.32 Å². The molecule has 0 spiro atoms. The molecule has 0 aliphatic rings. The van der Waals surface area contributed by atoms with Gasteiger partial charge in [0.05, 0.1) is 5.56 Å². The number of thiophene rings is 1. The molecule has 5 nitrogen and oxygen atoms in total. The Hall–Kier alpha value is -1.70. The van der Waals surface area contributed by atoms with Gasteiger partial charge in [-0.25, -0.2) is 4.79 Å². The highest BCUT2D eigenvalue weighted by Gasteiger charge is 2.17. The molecule has 0 saturated carbocycles. The third kappa shape index (κ3) is 3.44. The fourth-order valence-corrected chi connectivity index (χ4v) is 2.82. The molecular weight excluding hydrogens is 344 g/mol. The van der Waals surface area contributed by atoms with Crippen LogP contribution in [0.2, 0.25) is 0 Å². The van der Waals surface area contributed by atoms with Crippen molar-refractivity contribution in [1.29, 1.82) is 0 Å². The lowest BCUT2D eigenvalue weighted by Crippen LogP contribution is -2.27. The molecule has 1 amide bonds. The standard InChI is InChI=1S/C13H11BrN2O3S/c14-8-4-7(13(18)19)5-9(6-8)16-12(17)11(15)10-2-1-3-20-10/h1-6,11H,15H2,(H,16,17)(H,18,19). The van der Waals surface area contributed by atoms with Gasteiger partial charge in [-0.1, -0.05) is 22.0 Å². The van der Waals surface area contributed by atoms with Crippen molar-refractivity contribution in [3.05, 3.63) is 50.6 Å². The highest BCUT2D eigenvalue weighted by Crippen LogP contribution is 2.22. The summed E-state index contributed by atoms with van der Waals surface area (Å²) >= 11 is 4.60. The first-order valence-electron chi connectivity index (χ1n) is 5.61. The number of aromatic carboxylic acids is 1. The number of rotatable bonds is 4. The lowest BCUT2D eigenvalue weighted by atomic mass is 10.2. The average Bonchev–Trinajstić information content (AvgIpc) is 2.90. The summed E-state index contributed by atoms with van der Waals surface area (Å²) in [6.07, 6.45) is 0. The van der Waals surface area contributed by atoms with Crippen LogP contribution in [0, 0.1) is 0 Å². The zero-order valence-corrected chi connectivity index (χ0v) is 12.6. The summed E-state index contributed by atoms with van der Waals surface area (Å²) in [5, 5.41) is 13.4. The number of carbonyl (C=O) groups excluding carboxylic acids is 1. The number of nitrogens with one attached hydrogen (secondary N) is 1. The van der Waals surface area contributed by atoms with Crippen LogP contribution in [-0.4, -0.2) is 17.0 Å². The Kier molecular flexibility index (Phi) is 4.53. The number of hydrogen-bond acceptors (Lipinski definition) is 4. The highest BCUT2D eigenvalue weighted by atomic mass is 79.9.